The lowest BCUT2D eigenvalue weighted by Crippen LogP contribution is -2.25. The van der Waals surface area contributed by atoms with Gasteiger partial charge in [0.2, 0.25) is 5.28 Å². The van der Waals surface area contributed by atoms with Gasteiger partial charge in [-0.2, -0.15) is 0 Å². The molecular weight excluding hydrogens is 246 g/mol. The summed E-state index contributed by atoms with van der Waals surface area (Å²) in [5.41, 5.74) is 0.939. The third-order valence-corrected chi connectivity index (χ3v) is 4.02. The summed E-state index contributed by atoms with van der Waals surface area (Å²) in [6, 6.07) is 2.03. The maximum Gasteiger partial charge on any atom is 0.224 e. The van der Waals surface area contributed by atoms with E-state index in [0.717, 1.165) is 36.4 Å². The zero-order valence-corrected chi connectivity index (χ0v) is 12.2. The summed E-state index contributed by atoms with van der Waals surface area (Å²) < 4.78 is 0. The van der Waals surface area contributed by atoms with Gasteiger partial charge in [-0.3, -0.25) is 0 Å². The molecule has 1 atom stereocenters. The SMILES string of the molecule is Cc1cc(N2CCCC(C(C)C)CC2)nc(Cl)n1. The van der Waals surface area contributed by atoms with Crippen molar-refractivity contribution in [2.24, 2.45) is 11.8 Å². The van der Waals surface area contributed by atoms with Crippen LogP contribution >= 0.6 is 11.6 Å². The van der Waals surface area contributed by atoms with E-state index in [1.807, 2.05) is 13.0 Å². The first-order valence-electron chi connectivity index (χ1n) is 6.82. The standard InChI is InChI=1S/C14H22ClN3/c1-10(2)12-5-4-7-18(8-6-12)13-9-11(3)16-14(15)17-13/h9-10,12H,4-8H2,1-3H3. The lowest BCUT2D eigenvalue weighted by atomic mass is 9.89. The minimum absolute atomic E-state index is 0.356. The molecule has 100 valence electrons. The second-order valence-corrected chi connectivity index (χ2v) is 5.90. The van der Waals surface area contributed by atoms with Crippen molar-refractivity contribution in [2.75, 3.05) is 18.0 Å². The van der Waals surface area contributed by atoms with Crippen molar-refractivity contribution >= 4 is 17.4 Å². The summed E-state index contributed by atoms with van der Waals surface area (Å²) in [5.74, 6) is 2.60. The molecule has 0 bridgehead atoms. The van der Waals surface area contributed by atoms with E-state index in [0.29, 0.717) is 5.28 Å². The Morgan fingerprint density at radius 3 is 2.72 bits per heavy atom. The van der Waals surface area contributed by atoms with Crippen molar-refractivity contribution in [3.8, 4) is 0 Å². The monoisotopic (exact) mass is 267 g/mol. The lowest BCUT2D eigenvalue weighted by molar-refractivity contribution is 0.351. The molecule has 2 rings (SSSR count). The third-order valence-electron chi connectivity index (χ3n) is 3.85. The van der Waals surface area contributed by atoms with Crippen LogP contribution in [0.25, 0.3) is 0 Å². The molecule has 3 nitrogen and oxygen atoms in total. The van der Waals surface area contributed by atoms with E-state index < -0.39 is 0 Å². The Bertz CT molecular complexity index is 386. The van der Waals surface area contributed by atoms with Crippen molar-refractivity contribution in [1.82, 2.24) is 9.97 Å². The van der Waals surface area contributed by atoms with Crippen LogP contribution in [0.15, 0.2) is 6.07 Å². The molecule has 1 saturated heterocycles. The van der Waals surface area contributed by atoms with Gasteiger partial charge in [-0.15, -0.1) is 0 Å². The smallest absolute Gasteiger partial charge is 0.224 e. The van der Waals surface area contributed by atoms with Gasteiger partial charge in [0.25, 0.3) is 0 Å². The van der Waals surface area contributed by atoms with Crippen LogP contribution in [0.1, 0.15) is 38.8 Å². The fourth-order valence-electron chi connectivity index (χ4n) is 2.70. The summed E-state index contributed by atoms with van der Waals surface area (Å²) in [7, 11) is 0. The Kier molecular flexibility index (Phi) is 4.44. The molecule has 0 saturated carbocycles. The highest BCUT2D eigenvalue weighted by atomic mass is 35.5. The Morgan fingerprint density at radius 1 is 1.28 bits per heavy atom. The molecule has 0 aromatic carbocycles. The Hall–Kier alpha value is -0.830. The third kappa shape index (κ3) is 3.35. The molecule has 1 aromatic heterocycles. The number of hydrogen-bond acceptors (Lipinski definition) is 3. The average Bonchev–Trinajstić information content (AvgIpc) is 2.52. The first-order chi connectivity index (χ1) is 8.56. The van der Waals surface area contributed by atoms with Gasteiger partial charge in [-0.25, -0.2) is 9.97 Å². The number of halogens is 1. The summed E-state index contributed by atoms with van der Waals surface area (Å²) in [5, 5.41) is 0.356. The van der Waals surface area contributed by atoms with E-state index in [1.165, 1.54) is 19.3 Å². The topological polar surface area (TPSA) is 29.0 Å². The molecule has 0 N–H and O–H groups in total. The van der Waals surface area contributed by atoms with Gasteiger partial charge < -0.3 is 4.90 Å². The molecule has 0 radical (unpaired) electrons. The molecule has 4 heteroatoms. The predicted octanol–water partition coefficient (Wildman–Crippen LogP) is 3.70. The second kappa shape index (κ2) is 5.87. The van der Waals surface area contributed by atoms with Crippen LogP contribution in [0.3, 0.4) is 0 Å². The minimum Gasteiger partial charge on any atom is -0.356 e. The van der Waals surface area contributed by atoms with E-state index in [4.69, 9.17) is 11.6 Å². The number of aromatic nitrogens is 2. The number of anilines is 1. The molecule has 1 aliphatic heterocycles. The summed E-state index contributed by atoms with van der Waals surface area (Å²) in [6.07, 6.45) is 3.81. The largest absolute Gasteiger partial charge is 0.356 e. The van der Waals surface area contributed by atoms with Crippen molar-refractivity contribution in [3.63, 3.8) is 0 Å². The van der Waals surface area contributed by atoms with Gasteiger partial charge in [-0.1, -0.05) is 13.8 Å². The van der Waals surface area contributed by atoms with E-state index in [2.05, 4.69) is 28.7 Å². The number of aryl methyl sites for hydroxylation is 1. The van der Waals surface area contributed by atoms with Crippen LogP contribution in [0.2, 0.25) is 5.28 Å². The quantitative estimate of drug-likeness (QED) is 0.765. The predicted molar refractivity (Wildman–Crippen MR) is 76.2 cm³/mol. The van der Waals surface area contributed by atoms with Gasteiger partial charge in [0.05, 0.1) is 0 Å². The van der Waals surface area contributed by atoms with Gasteiger partial charge >= 0.3 is 0 Å². The molecule has 1 unspecified atom stereocenters. The molecular formula is C14H22ClN3. The van der Waals surface area contributed by atoms with E-state index in [-0.39, 0.29) is 0 Å². The molecule has 0 amide bonds. The average molecular weight is 268 g/mol. The molecule has 1 fully saturated rings. The number of hydrogen-bond donors (Lipinski definition) is 0. The van der Waals surface area contributed by atoms with Crippen molar-refractivity contribution < 1.29 is 0 Å². The van der Waals surface area contributed by atoms with Crippen LogP contribution in [-0.2, 0) is 0 Å². The minimum atomic E-state index is 0.356. The van der Waals surface area contributed by atoms with Crippen LogP contribution in [-0.4, -0.2) is 23.1 Å². The first kappa shape index (κ1) is 13.6. The summed E-state index contributed by atoms with van der Waals surface area (Å²) in [4.78, 5) is 10.8. The van der Waals surface area contributed by atoms with Crippen LogP contribution in [0, 0.1) is 18.8 Å². The molecule has 18 heavy (non-hydrogen) atoms. The molecule has 0 spiro atoms. The Labute approximate surface area is 115 Å². The summed E-state index contributed by atoms with van der Waals surface area (Å²) in [6.45, 7) is 8.77. The molecule has 1 aromatic rings. The number of nitrogens with zero attached hydrogens (tertiary/aromatic N) is 3. The summed E-state index contributed by atoms with van der Waals surface area (Å²) >= 11 is 5.94. The fourth-order valence-corrected chi connectivity index (χ4v) is 2.92. The van der Waals surface area contributed by atoms with E-state index in [9.17, 15) is 0 Å². The Morgan fingerprint density at radius 2 is 2.06 bits per heavy atom. The van der Waals surface area contributed by atoms with Crippen LogP contribution < -0.4 is 4.90 Å². The molecule has 0 aliphatic carbocycles. The van der Waals surface area contributed by atoms with Crippen molar-refractivity contribution in [2.45, 2.75) is 40.0 Å². The van der Waals surface area contributed by atoms with E-state index in [1.54, 1.807) is 0 Å². The molecule has 2 heterocycles. The maximum absolute atomic E-state index is 5.94. The van der Waals surface area contributed by atoms with Crippen molar-refractivity contribution in [1.29, 1.82) is 0 Å². The normalized spacial score (nSPS) is 21.2. The maximum atomic E-state index is 5.94. The van der Waals surface area contributed by atoms with Gasteiger partial charge in [0, 0.05) is 24.8 Å². The zero-order chi connectivity index (χ0) is 13.1. The van der Waals surface area contributed by atoms with Gasteiger partial charge in [-0.05, 0) is 49.6 Å². The van der Waals surface area contributed by atoms with Crippen molar-refractivity contribution in [3.05, 3.63) is 17.0 Å². The van der Waals surface area contributed by atoms with Gasteiger partial charge in [0.1, 0.15) is 5.82 Å². The highest BCUT2D eigenvalue weighted by Gasteiger charge is 2.20. The highest BCUT2D eigenvalue weighted by molar-refractivity contribution is 6.28. The number of rotatable bonds is 2. The lowest BCUT2D eigenvalue weighted by Gasteiger charge is -2.22. The fraction of sp³-hybridized carbons (Fsp3) is 0.714. The van der Waals surface area contributed by atoms with E-state index >= 15 is 0 Å². The first-order valence-corrected chi connectivity index (χ1v) is 7.20. The zero-order valence-electron chi connectivity index (χ0n) is 11.5. The second-order valence-electron chi connectivity index (χ2n) is 5.56. The highest BCUT2D eigenvalue weighted by Crippen LogP contribution is 2.27. The van der Waals surface area contributed by atoms with Crippen LogP contribution in [0.4, 0.5) is 5.82 Å². The van der Waals surface area contributed by atoms with Crippen LogP contribution in [0.5, 0.6) is 0 Å². The molecule has 1 aliphatic rings. The Balaban J connectivity index is 2.09. The van der Waals surface area contributed by atoms with Gasteiger partial charge in [0.15, 0.2) is 0 Å².